The number of nitrogens with one attached hydrogen (secondary N) is 1. The summed E-state index contributed by atoms with van der Waals surface area (Å²) in [6, 6.07) is 140. The molecule has 0 aliphatic carbocycles. The van der Waals surface area contributed by atoms with Crippen LogP contribution in [0.4, 0.5) is 62.6 Å². The van der Waals surface area contributed by atoms with Crippen molar-refractivity contribution in [2.45, 2.75) is 0 Å². The standard InChI is InChI=1S/C72H49N3O2Se.C24H17NOSe/c1-7-25-50(26-8-1)60-41-24-42-61(51-27-9-2-10-28-51)72(60)75(57-46-64(70-62-39-19-21-43-65(62)76-67(70)47-57)74(53-31-13-4-14-32-53)54-33-15-5-16-34-54)56-36-23-35-55(45-56)73(52-29-11-3-12-30-52)58-48-68-71(63-40-20-22-44-66(63)77-68)69(49-58)78-59-37-17-6-18-38-59;1-3-9-17(10-4-1)25-18-15-22-24(20-13-7-8-14-21(20)26-22)23(16-18)27-19-11-5-2-6-12-19/h1-49H;1-16,25H. The van der Waals surface area contributed by atoms with E-state index in [4.69, 9.17) is 13.3 Å². The summed E-state index contributed by atoms with van der Waals surface area (Å²) in [6.45, 7) is 0. The molecule has 3 heterocycles. The average Bonchev–Trinajstić information content (AvgIpc) is 1.72. The number of para-hydroxylation sites is 8. The van der Waals surface area contributed by atoms with Gasteiger partial charge in [-0.3, -0.25) is 0 Å². The Morgan fingerprint density at radius 3 is 1.09 bits per heavy atom. The molecule has 0 atom stereocenters. The molecule has 0 unspecified atom stereocenters. The molecule has 0 saturated heterocycles. The number of fused-ring (bicyclic) bond motifs is 9. The molecule has 1 N–H and O–H groups in total. The van der Waals surface area contributed by atoms with Gasteiger partial charge in [0.2, 0.25) is 0 Å². The minimum absolute atomic E-state index is 0.0292. The zero-order chi connectivity index (χ0) is 69.8. The van der Waals surface area contributed by atoms with Crippen LogP contribution < -0.4 is 37.9 Å². The molecule has 19 aromatic rings. The number of rotatable bonds is 17. The molecule has 0 amide bonds. The molecule has 0 spiro atoms. The van der Waals surface area contributed by atoms with E-state index in [9.17, 15) is 0 Å². The van der Waals surface area contributed by atoms with Gasteiger partial charge in [0.25, 0.3) is 0 Å². The van der Waals surface area contributed by atoms with Crippen molar-refractivity contribution in [3.05, 3.63) is 394 Å². The zero-order valence-electron chi connectivity index (χ0n) is 56.9. The van der Waals surface area contributed by atoms with Gasteiger partial charge in [0.15, 0.2) is 0 Å². The van der Waals surface area contributed by atoms with Gasteiger partial charge in [-0.2, -0.15) is 0 Å². The summed E-state index contributed by atoms with van der Waals surface area (Å²) in [5.41, 5.74) is 20.7. The average molecular weight is 1480 g/mol. The van der Waals surface area contributed by atoms with Gasteiger partial charge in [-0.1, -0.05) is 91.0 Å². The summed E-state index contributed by atoms with van der Waals surface area (Å²) in [6.07, 6.45) is 0. The Bertz CT molecular complexity index is 6160. The first kappa shape index (κ1) is 64.3. The summed E-state index contributed by atoms with van der Waals surface area (Å²) in [4.78, 5) is 7.19. The van der Waals surface area contributed by atoms with Crippen molar-refractivity contribution in [3.63, 3.8) is 0 Å². The molecule has 500 valence electrons. The van der Waals surface area contributed by atoms with Crippen molar-refractivity contribution in [1.29, 1.82) is 0 Å². The Morgan fingerprint density at radius 2 is 0.590 bits per heavy atom. The molecular weight excluding hydrogens is 1420 g/mol. The van der Waals surface area contributed by atoms with Crippen molar-refractivity contribution in [3.8, 4) is 22.3 Å². The van der Waals surface area contributed by atoms with Crippen LogP contribution in [0.5, 0.6) is 0 Å². The van der Waals surface area contributed by atoms with Crippen molar-refractivity contribution < 1.29 is 13.3 Å². The fourth-order valence-electron chi connectivity index (χ4n) is 14.3. The maximum atomic E-state index is 7.03. The van der Waals surface area contributed by atoms with Crippen molar-refractivity contribution >= 4 is 176 Å². The molecule has 7 nitrogen and oxygen atoms in total. The molecule has 0 saturated carbocycles. The van der Waals surface area contributed by atoms with Gasteiger partial charge in [-0.05, 0) is 30.3 Å². The molecule has 0 aliphatic heterocycles. The molecular formula is C96H66N4O3Se2. The number of hydrogen-bond donors (Lipinski definition) is 1. The Balaban J connectivity index is 0.000000242. The number of nitrogens with zero attached hydrogens (tertiary/aromatic N) is 3. The topological polar surface area (TPSA) is 61.2 Å². The van der Waals surface area contributed by atoms with E-state index in [1.54, 1.807) is 0 Å². The van der Waals surface area contributed by atoms with Gasteiger partial charge in [0.1, 0.15) is 5.58 Å². The summed E-state index contributed by atoms with van der Waals surface area (Å²) >= 11 is 0.166. The van der Waals surface area contributed by atoms with Gasteiger partial charge in [0, 0.05) is 16.8 Å². The Kier molecular flexibility index (Phi) is 17.7. The van der Waals surface area contributed by atoms with E-state index in [0.717, 1.165) is 140 Å². The SMILES string of the molecule is c1ccc(Nc2cc([Se]c3ccccc3)c3c(c2)oc2ccccc23)cc1.c1ccc([Se]c2cc(N(c3ccccc3)c3cccc(N(c4cc(N(c5ccccc5)c5ccccc5)c5c(c4)oc4ccccc45)c4c(-c5ccccc5)cccc4-c4ccccc4)c3)cc3oc4ccccc4c23)cc1. The van der Waals surface area contributed by atoms with E-state index in [1.165, 1.54) is 28.6 Å². The summed E-state index contributed by atoms with van der Waals surface area (Å²) in [5, 5.41) is 10.3. The Morgan fingerprint density at radius 1 is 0.229 bits per heavy atom. The van der Waals surface area contributed by atoms with E-state index < -0.39 is 0 Å². The van der Waals surface area contributed by atoms with Gasteiger partial charge in [-0.15, -0.1) is 0 Å². The zero-order valence-corrected chi connectivity index (χ0v) is 60.3. The molecule has 19 rings (SSSR count). The van der Waals surface area contributed by atoms with Gasteiger partial charge in [-0.25, -0.2) is 0 Å². The number of anilines is 11. The van der Waals surface area contributed by atoms with Crippen LogP contribution in [0.2, 0.25) is 0 Å². The predicted octanol–water partition coefficient (Wildman–Crippen LogP) is 23.9. The fourth-order valence-corrected chi connectivity index (χ4v) is 18.7. The van der Waals surface area contributed by atoms with Gasteiger partial charge < -0.3 is 0 Å². The molecule has 0 bridgehead atoms. The van der Waals surface area contributed by atoms with Crippen molar-refractivity contribution in [2.24, 2.45) is 0 Å². The third kappa shape index (κ3) is 13.0. The Hall–Kier alpha value is -12.8. The van der Waals surface area contributed by atoms with Crippen LogP contribution in [0.15, 0.2) is 408 Å². The van der Waals surface area contributed by atoms with E-state index in [0.29, 0.717) is 0 Å². The second kappa shape index (κ2) is 28.9. The van der Waals surface area contributed by atoms with Crippen LogP contribution in [0.3, 0.4) is 0 Å². The van der Waals surface area contributed by atoms with E-state index in [-0.39, 0.29) is 29.9 Å². The molecule has 16 aromatic carbocycles. The minimum atomic E-state index is -0.0292. The van der Waals surface area contributed by atoms with Gasteiger partial charge in [0.05, 0.1) is 0 Å². The van der Waals surface area contributed by atoms with Crippen molar-refractivity contribution in [1.82, 2.24) is 0 Å². The third-order valence-corrected chi connectivity index (χ3v) is 23.3. The molecule has 0 radical (unpaired) electrons. The van der Waals surface area contributed by atoms with Crippen LogP contribution in [0.25, 0.3) is 88.1 Å². The second-order valence-corrected chi connectivity index (χ2v) is 30.3. The second-order valence-electron chi connectivity index (χ2n) is 25.6. The molecule has 9 heteroatoms. The number of hydrogen-bond acceptors (Lipinski definition) is 7. The molecule has 105 heavy (non-hydrogen) atoms. The predicted molar refractivity (Wildman–Crippen MR) is 442 cm³/mol. The first-order valence-electron chi connectivity index (χ1n) is 35.1. The first-order valence-corrected chi connectivity index (χ1v) is 38.5. The van der Waals surface area contributed by atoms with E-state index >= 15 is 0 Å². The van der Waals surface area contributed by atoms with Crippen LogP contribution in [0.1, 0.15) is 0 Å². The third-order valence-electron chi connectivity index (χ3n) is 18.9. The van der Waals surface area contributed by atoms with E-state index in [1.807, 2.05) is 36.4 Å². The Labute approximate surface area is 621 Å². The summed E-state index contributed by atoms with van der Waals surface area (Å²) in [7, 11) is 0. The first-order chi connectivity index (χ1) is 52.1. The quantitative estimate of drug-likeness (QED) is 0.0912. The van der Waals surface area contributed by atoms with E-state index in [2.05, 4.69) is 378 Å². The maximum absolute atomic E-state index is 7.03. The monoisotopic (exact) mass is 1480 g/mol. The van der Waals surface area contributed by atoms with Crippen LogP contribution in [-0.2, 0) is 0 Å². The molecule has 0 fully saturated rings. The van der Waals surface area contributed by atoms with Gasteiger partial charge >= 0.3 is 482 Å². The van der Waals surface area contributed by atoms with Crippen LogP contribution >= 0.6 is 0 Å². The number of furan rings is 3. The number of benzene rings is 16. The normalized spacial score (nSPS) is 11.3. The summed E-state index contributed by atoms with van der Waals surface area (Å²) in [5.74, 6) is 0. The summed E-state index contributed by atoms with van der Waals surface area (Å²) < 4.78 is 25.2. The van der Waals surface area contributed by atoms with Crippen molar-refractivity contribution in [2.75, 3.05) is 20.0 Å². The van der Waals surface area contributed by atoms with Crippen LogP contribution in [0, 0.1) is 0 Å². The van der Waals surface area contributed by atoms with Crippen LogP contribution in [-0.4, -0.2) is 29.9 Å². The fraction of sp³-hybridized carbons (Fsp3) is 0. The molecule has 3 aromatic heterocycles. The molecule has 0 aliphatic rings.